The third-order valence-corrected chi connectivity index (χ3v) is 4.72. The van der Waals surface area contributed by atoms with Crippen LogP contribution in [0.5, 0.6) is 0 Å². The van der Waals surface area contributed by atoms with Gasteiger partial charge in [0, 0.05) is 0 Å². The van der Waals surface area contributed by atoms with E-state index >= 15 is 0 Å². The monoisotopic (exact) mass is 310 g/mol. The second kappa shape index (κ2) is 6.57. The van der Waals surface area contributed by atoms with E-state index in [1.54, 1.807) is 6.92 Å². The van der Waals surface area contributed by atoms with E-state index in [0.29, 0.717) is 12.3 Å². The molecule has 0 aromatic carbocycles. The molecule has 0 amide bonds. The number of hydrogen-bond donors (Lipinski definition) is 0. The van der Waals surface area contributed by atoms with Crippen molar-refractivity contribution in [2.45, 2.75) is 74.1 Å². The lowest BCUT2D eigenvalue weighted by Gasteiger charge is -2.42. The second-order valence-electron chi connectivity index (χ2n) is 7.60. The van der Waals surface area contributed by atoms with Crippen LogP contribution in [-0.2, 0) is 9.53 Å². The normalized spacial score (nSPS) is 19.0. The maximum absolute atomic E-state index is 12.6. The van der Waals surface area contributed by atoms with Crippen molar-refractivity contribution in [3.63, 3.8) is 0 Å². The summed E-state index contributed by atoms with van der Waals surface area (Å²) < 4.78 is 42.5. The molecule has 0 fully saturated rings. The minimum absolute atomic E-state index is 0.211. The number of alkyl halides is 3. The molecule has 3 unspecified atom stereocenters. The molecule has 21 heavy (non-hydrogen) atoms. The maximum atomic E-state index is 12.6. The number of halogens is 3. The SMILES string of the molecule is CC(C)C(C)CC(C)(C(=O)OC(C)C(F)(F)F)C(C)(C)C. The number of carbonyl (C=O) groups excluding carboxylic acids is 1. The quantitative estimate of drug-likeness (QED) is 0.651. The first-order valence-corrected chi connectivity index (χ1v) is 7.40. The molecule has 3 atom stereocenters. The molecule has 0 rings (SSSR count). The topological polar surface area (TPSA) is 26.3 Å². The Bertz CT molecular complexity index is 356. The Balaban J connectivity index is 5.30. The highest BCUT2D eigenvalue weighted by molar-refractivity contribution is 5.77. The zero-order valence-corrected chi connectivity index (χ0v) is 14.4. The van der Waals surface area contributed by atoms with Crippen molar-refractivity contribution in [2.75, 3.05) is 0 Å². The summed E-state index contributed by atoms with van der Waals surface area (Å²) in [6.45, 7) is 14.2. The molecule has 0 aromatic heterocycles. The van der Waals surface area contributed by atoms with Gasteiger partial charge in [-0.05, 0) is 37.5 Å². The molecule has 2 nitrogen and oxygen atoms in total. The molecule has 0 bridgehead atoms. The first kappa shape index (κ1) is 20.3. The Morgan fingerprint density at radius 3 is 1.71 bits per heavy atom. The van der Waals surface area contributed by atoms with Gasteiger partial charge in [-0.25, -0.2) is 0 Å². The zero-order valence-electron chi connectivity index (χ0n) is 14.4. The van der Waals surface area contributed by atoms with E-state index in [1.165, 1.54) is 0 Å². The van der Waals surface area contributed by atoms with Crippen LogP contribution in [0.25, 0.3) is 0 Å². The van der Waals surface area contributed by atoms with Crippen LogP contribution in [0.4, 0.5) is 13.2 Å². The molecule has 0 radical (unpaired) electrons. The lowest BCUT2D eigenvalue weighted by Crippen LogP contribution is -2.46. The van der Waals surface area contributed by atoms with Gasteiger partial charge in [-0.1, -0.05) is 41.5 Å². The summed E-state index contributed by atoms with van der Waals surface area (Å²) in [6, 6.07) is 0. The van der Waals surface area contributed by atoms with Gasteiger partial charge < -0.3 is 4.74 Å². The number of rotatable bonds is 5. The third-order valence-electron chi connectivity index (χ3n) is 4.72. The van der Waals surface area contributed by atoms with E-state index in [4.69, 9.17) is 4.74 Å². The minimum Gasteiger partial charge on any atom is -0.453 e. The predicted molar refractivity (Wildman–Crippen MR) is 77.8 cm³/mol. The van der Waals surface area contributed by atoms with Gasteiger partial charge in [0.25, 0.3) is 0 Å². The summed E-state index contributed by atoms with van der Waals surface area (Å²) in [5.41, 5.74) is -1.45. The Labute approximate surface area is 126 Å². The van der Waals surface area contributed by atoms with Crippen molar-refractivity contribution < 1.29 is 22.7 Å². The van der Waals surface area contributed by atoms with Crippen molar-refractivity contribution in [1.82, 2.24) is 0 Å². The molecule has 0 aromatic rings. The van der Waals surface area contributed by atoms with Crippen molar-refractivity contribution >= 4 is 5.97 Å². The van der Waals surface area contributed by atoms with Crippen molar-refractivity contribution in [2.24, 2.45) is 22.7 Å². The van der Waals surface area contributed by atoms with Crippen LogP contribution in [0.2, 0.25) is 0 Å². The van der Waals surface area contributed by atoms with Gasteiger partial charge in [0.2, 0.25) is 0 Å². The molecule has 0 aliphatic heterocycles. The lowest BCUT2D eigenvalue weighted by atomic mass is 9.63. The van der Waals surface area contributed by atoms with E-state index in [9.17, 15) is 18.0 Å². The molecular weight excluding hydrogens is 281 g/mol. The van der Waals surface area contributed by atoms with Crippen LogP contribution in [0.1, 0.15) is 61.8 Å². The summed E-state index contributed by atoms with van der Waals surface area (Å²) in [5.74, 6) is -0.213. The molecule has 0 saturated heterocycles. The Hall–Kier alpha value is -0.740. The largest absolute Gasteiger partial charge is 0.453 e. The standard InChI is InChI=1S/C16H29F3O2/c1-10(2)11(3)9-15(8,14(5,6)7)13(20)21-12(4)16(17,18)19/h10-12H,9H2,1-8H3. The molecule has 0 spiro atoms. The highest BCUT2D eigenvalue weighted by Crippen LogP contribution is 2.46. The molecule has 0 N–H and O–H groups in total. The van der Waals surface area contributed by atoms with Crippen molar-refractivity contribution in [3.05, 3.63) is 0 Å². The number of carbonyl (C=O) groups is 1. The van der Waals surface area contributed by atoms with Gasteiger partial charge in [-0.15, -0.1) is 0 Å². The maximum Gasteiger partial charge on any atom is 0.425 e. The van der Waals surface area contributed by atoms with Crippen LogP contribution >= 0.6 is 0 Å². The zero-order chi connectivity index (χ0) is 17.2. The molecule has 0 heterocycles. The van der Waals surface area contributed by atoms with Crippen LogP contribution < -0.4 is 0 Å². The third kappa shape index (κ3) is 5.19. The van der Waals surface area contributed by atoms with Crippen molar-refractivity contribution in [1.29, 1.82) is 0 Å². The Kier molecular flexibility index (Phi) is 6.34. The van der Waals surface area contributed by atoms with Crippen LogP contribution in [-0.4, -0.2) is 18.2 Å². The van der Waals surface area contributed by atoms with E-state index < -0.39 is 29.1 Å². The molecule has 5 heteroatoms. The van der Waals surface area contributed by atoms with Gasteiger partial charge in [0.1, 0.15) is 0 Å². The summed E-state index contributed by atoms with van der Waals surface area (Å²) in [5, 5.41) is 0. The Morgan fingerprint density at radius 2 is 1.43 bits per heavy atom. The van der Waals surface area contributed by atoms with Gasteiger partial charge in [0.15, 0.2) is 6.10 Å². The Morgan fingerprint density at radius 1 is 1.00 bits per heavy atom. The predicted octanol–water partition coefficient (Wildman–Crippen LogP) is 5.22. The molecule has 0 aliphatic carbocycles. The van der Waals surface area contributed by atoms with Crippen LogP contribution in [0, 0.1) is 22.7 Å². The van der Waals surface area contributed by atoms with E-state index in [0.717, 1.165) is 6.92 Å². The van der Waals surface area contributed by atoms with Crippen molar-refractivity contribution in [3.8, 4) is 0 Å². The fourth-order valence-electron chi connectivity index (χ4n) is 1.93. The fraction of sp³-hybridized carbons (Fsp3) is 0.938. The summed E-state index contributed by atoms with van der Waals surface area (Å²) in [4.78, 5) is 12.4. The van der Waals surface area contributed by atoms with Crippen LogP contribution in [0.15, 0.2) is 0 Å². The van der Waals surface area contributed by atoms with Crippen LogP contribution in [0.3, 0.4) is 0 Å². The second-order valence-corrected chi connectivity index (χ2v) is 7.60. The molecule has 126 valence electrons. The summed E-state index contributed by atoms with van der Waals surface area (Å²) in [6.07, 6.45) is -6.11. The average Bonchev–Trinajstić information content (AvgIpc) is 2.25. The number of hydrogen-bond acceptors (Lipinski definition) is 2. The molecule has 0 aliphatic rings. The smallest absolute Gasteiger partial charge is 0.425 e. The van der Waals surface area contributed by atoms with Gasteiger partial charge >= 0.3 is 12.1 Å². The lowest BCUT2D eigenvalue weighted by molar-refractivity contribution is -0.225. The van der Waals surface area contributed by atoms with E-state index in [-0.39, 0.29) is 5.92 Å². The highest BCUT2D eigenvalue weighted by atomic mass is 19.4. The van der Waals surface area contributed by atoms with Gasteiger partial charge in [0.05, 0.1) is 5.41 Å². The van der Waals surface area contributed by atoms with E-state index in [1.807, 2.05) is 41.5 Å². The van der Waals surface area contributed by atoms with E-state index in [2.05, 4.69) is 0 Å². The number of esters is 1. The highest BCUT2D eigenvalue weighted by Gasteiger charge is 2.49. The summed E-state index contributed by atoms with van der Waals surface area (Å²) in [7, 11) is 0. The fourth-order valence-corrected chi connectivity index (χ4v) is 1.93. The first-order valence-electron chi connectivity index (χ1n) is 7.40. The van der Waals surface area contributed by atoms with Gasteiger partial charge in [-0.2, -0.15) is 13.2 Å². The summed E-state index contributed by atoms with van der Waals surface area (Å²) >= 11 is 0. The number of ether oxygens (including phenoxy) is 1. The molecular formula is C16H29F3O2. The minimum atomic E-state index is -4.53. The molecule has 0 saturated carbocycles. The van der Waals surface area contributed by atoms with Gasteiger partial charge in [-0.3, -0.25) is 4.79 Å². The first-order chi connectivity index (χ1) is 9.13. The average molecular weight is 310 g/mol.